The molecule has 0 amide bonds. The molecule has 0 unspecified atom stereocenters. The molecule has 0 aliphatic rings. The maximum Gasteiger partial charge on any atom is 0.123 e. The van der Waals surface area contributed by atoms with Crippen molar-refractivity contribution in [2.75, 3.05) is 0 Å². The first-order valence-corrected chi connectivity index (χ1v) is 17.0. The summed E-state index contributed by atoms with van der Waals surface area (Å²) in [7, 11) is 0. The highest BCUT2D eigenvalue weighted by molar-refractivity contribution is 5.83. The number of phenols is 4. The quantitative estimate of drug-likeness (QED) is 0.141. The summed E-state index contributed by atoms with van der Waals surface area (Å²) in [5.41, 5.74) is 11.0. The summed E-state index contributed by atoms with van der Waals surface area (Å²) < 4.78 is 0. The first-order chi connectivity index (χ1) is 25.4. The lowest BCUT2D eigenvalue weighted by atomic mass is 9.95. The Morgan fingerprint density at radius 1 is 0.192 bits per heavy atom. The highest BCUT2D eigenvalue weighted by atomic mass is 16.3. The van der Waals surface area contributed by atoms with E-state index in [0.717, 1.165) is 66.8 Å². The predicted octanol–water partition coefficient (Wildman–Crippen LogP) is 12.2. The van der Waals surface area contributed by atoms with Crippen molar-refractivity contribution < 1.29 is 20.4 Å². The van der Waals surface area contributed by atoms with Crippen LogP contribution in [0.3, 0.4) is 0 Å². The van der Waals surface area contributed by atoms with E-state index in [9.17, 15) is 20.4 Å². The summed E-state index contributed by atoms with van der Waals surface area (Å²) >= 11 is 0. The lowest BCUT2D eigenvalue weighted by Gasteiger charge is -2.11. The molecule has 8 aromatic carbocycles. The molecule has 0 saturated carbocycles. The SMILES string of the molecule is Oc1ccc(-c2ccc(O)c(-c3ccccc3)c2)cc1-c1ccccc1.Oc1ccc(-c2ccc(O)c(-c3ccccc3)c2)cc1-c1ccccc1. The molecule has 4 nitrogen and oxygen atoms in total. The van der Waals surface area contributed by atoms with Gasteiger partial charge in [-0.15, -0.1) is 0 Å². The molecule has 4 heteroatoms. The third-order valence-electron chi connectivity index (χ3n) is 8.99. The molecule has 0 aliphatic carbocycles. The molecule has 0 aliphatic heterocycles. The Hall–Kier alpha value is -7.04. The molecular weight excluding hydrogens is 641 g/mol. The van der Waals surface area contributed by atoms with Crippen LogP contribution in [0.2, 0.25) is 0 Å². The third-order valence-corrected chi connectivity index (χ3v) is 8.99. The predicted molar refractivity (Wildman–Crippen MR) is 212 cm³/mol. The van der Waals surface area contributed by atoms with Crippen molar-refractivity contribution in [1.82, 2.24) is 0 Å². The van der Waals surface area contributed by atoms with E-state index in [0.29, 0.717) is 0 Å². The molecule has 0 saturated heterocycles. The highest BCUT2D eigenvalue weighted by Gasteiger charge is 2.12. The topological polar surface area (TPSA) is 80.9 Å². The lowest BCUT2D eigenvalue weighted by molar-refractivity contribution is 0.476. The van der Waals surface area contributed by atoms with Gasteiger partial charge in [0.25, 0.3) is 0 Å². The van der Waals surface area contributed by atoms with Gasteiger partial charge in [0, 0.05) is 22.3 Å². The number of phenolic OH excluding ortho intramolecular Hbond substituents is 4. The highest BCUT2D eigenvalue weighted by Crippen LogP contribution is 2.39. The molecule has 8 rings (SSSR count). The normalized spacial score (nSPS) is 10.6. The molecule has 0 atom stereocenters. The first-order valence-electron chi connectivity index (χ1n) is 17.0. The zero-order valence-electron chi connectivity index (χ0n) is 28.3. The fourth-order valence-electron chi connectivity index (χ4n) is 6.26. The van der Waals surface area contributed by atoms with Crippen LogP contribution in [-0.2, 0) is 0 Å². The van der Waals surface area contributed by atoms with Crippen molar-refractivity contribution in [3.05, 3.63) is 194 Å². The minimum Gasteiger partial charge on any atom is -0.507 e. The van der Waals surface area contributed by atoms with Gasteiger partial charge in [-0.05, 0) is 93.0 Å². The van der Waals surface area contributed by atoms with Gasteiger partial charge >= 0.3 is 0 Å². The maximum absolute atomic E-state index is 10.3. The fraction of sp³-hybridized carbons (Fsp3) is 0. The van der Waals surface area contributed by atoms with Crippen LogP contribution < -0.4 is 0 Å². The molecule has 0 bridgehead atoms. The van der Waals surface area contributed by atoms with Crippen LogP contribution in [0.4, 0.5) is 0 Å². The fourth-order valence-corrected chi connectivity index (χ4v) is 6.26. The Morgan fingerprint density at radius 3 is 0.577 bits per heavy atom. The van der Waals surface area contributed by atoms with E-state index in [2.05, 4.69) is 0 Å². The summed E-state index contributed by atoms with van der Waals surface area (Å²) in [4.78, 5) is 0. The second-order valence-electron chi connectivity index (χ2n) is 12.4. The molecule has 0 fully saturated rings. The summed E-state index contributed by atoms with van der Waals surface area (Å²) in [5.74, 6) is 1.01. The summed E-state index contributed by atoms with van der Waals surface area (Å²) in [6.07, 6.45) is 0. The zero-order valence-corrected chi connectivity index (χ0v) is 28.3. The molecule has 0 spiro atoms. The monoisotopic (exact) mass is 676 g/mol. The van der Waals surface area contributed by atoms with E-state index >= 15 is 0 Å². The third kappa shape index (κ3) is 7.42. The number of hydrogen-bond acceptors (Lipinski definition) is 4. The van der Waals surface area contributed by atoms with Gasteiger partial charge in [0.05, 0.1) is 0 Å². The summed E-state index contributed by atoms with van der Waals surface area (Å²) in [6, 6.07) is 61.6. The molecule has 8 aromatic rings. The molecule has 0 aromatic heterocycles. The van der Waals surface area contributed by atoms with Crippen molar-refractivity contribution in [2.45, 2.75) is 0 Å². The van der Waals surface area contributed by atoms with Crippen molar-refractivity contribution in [1.29, 1.82) is 0 Å². The summed E-state index contributed by atoms with van der Waals surface area (Å²) in [5, 5.41) is 41.1. The van der Waals surface area contributed by atoms with Crippen LogP contribution >= 0.6 is 0 Å². The van der Waals surface area contributed by atoms with E-state index in [1.165, 1.54) is 0 Å². The Morgan fingerprint density at radius 2 is 0.385 bits per heavy atom. The molecule has 0 radical (unpaired) electrons. The van der Waals surface area contributed by atoms with Crippen molar-refractivity contribution in [2.24, 2.45) is 0 Å². The molecule has 252 valence electrons. The van der Waals surface area contributed by atoms with E-state index in [-0.39, 0.29) is 23.0 Å². The Bertz CT molecular complexity index is 2080. The molecule has 4 N–H and O–H groups in total. The second-order valence-corrected chi connectivity index (χ2v) is 12.4. The number of aromatic hydroxyl groups is 4. The van der Waals surface area contributed by atoms with Crippen LogP contribution in [0.15, 0.2) is 194 Å². The number of hydrogen-bond donors (Lipinski definition) is 4. The standard InChI is InChI=1S/2C24H18O2/c2*25-23-13-11-19(15-21(23)17-7-3-1-4-8-17)20-12-14-24(26)22(16-20)18-9-5-2-6-10-18/h2*1-16,25-26H. The van der Waals surface area contributed by atoms with Crippen molar-refractivity contribution >= 4 is 0 Å². The minimum absolute atomic E-state index is 0.252. The van der Waals surface area contributed by atoms with E-state index < -0.39 is 0 Å². The van der Waals surface area contributed by atoms with Crippen LogP contribution in [0.5, 0.6) is 23.0 Å². The van der Waals surface area contributed by atoms with E-state index in [1.807, 2.05) is 170 Å². The van der Waals surface area contributed by atoms with Gasteiger partial charge in [-0.1, -0.05) is 146 Å². The van der Waals surface area contributed by atoms with Gasteiger partial charge in [-0.2, -0.15) is 0 Å². The van der Waals surface area contributed by atoms with Crippen LogP contribution in [0.25, 0.3) is 66.8 Å². The summed E-state index contributed by atoms with van der Waals surface area (Å²) in [6.45, 7) is 0. The van der Waals surface area contributed by atoms with Gasteiger partial charge in [0.2, 0.25) is 0 Å². The lowest BCUT2D eigenvalue weighted by Crippen LogP contribution is -1.85. The number of rotatable bonds is 6. The maximum atomic E-state index is 10.3. The zero-order chi connectivity index (χ0) is 35.9. The van der Waals surface area contributed by atoms with Gasteiger partial charge in [-0.25, -0.2) is 0 Å². The molecule has 52 heavy (non-hydrogen) atoms. The van der Waals surface area contributed by atoms with Crippen molar-refractivity contribution in [3.8, 4) is 89.8 Å². The largest absolute Gasteiger partial charge is 0.507 e. The van der Waals surface area contributed by atoms with Crippen molar-refractivity contribution in [3.63, 3.8) is 0 Å². The van der Waals surface area contributed by atoms with Gasteiger partial charge in [-0.3, -0.25) is 0 Å². The Balaban J connectivity index is 0.000000162. The van der Waals surface area contributed by atoms with Gasteiger partial charge < -0.3 is 20.4 Å². The Kier molecular flexibility index (Phi) is 9.81. The van der Waals surface area contributed by atoms with E-state index in [1.54, 1.807) is 24.3 Å². The smallest absolute Gasteiger partial charge is 0.123 e. The average molecular weight is 677 g/mol. The van der Waals surface area contributed by atoms with E-state index in [4.69, 9.17) is 0 Å². The average Bonchev–Trinajstić information content (AvgIpc) is 3.20. The van der Waals surface area contributed by atoms with Gasteiger partial charge in [0.15, 0.2) is 0 Å². The van der Waals surface area contributed by atoms with Gasteiger partial charge in [0.1, 0.15) is 23.0 Å². The van der Waals surface area contributed by atoms with Crippen LogP contribution in [0.1, 0.15) is 0 Å². The number of benzene rings is 8. The molecule has 0 heterocycles. The van der Waals surface area contributed by atoms with Crippen LogP contribution in [-0.4, -0.2) is 20.4 Å². The minimum atomic E-state index is 0.252. The molecular formula is C48H36O4. The Labute approximate surface area is 303 Å². The first kappa shape index (κ1) is 33.5. The van der Waals surface area contributed by atoms with Crippen LogP contribution in [0, 0.1) is 0 Å². The second kappa shape index (κ2) is 15.2.